The van der Waals surface area contributed by atoms with Crippen LogP contribution in [0.2, 0.25) is 0 Å². The van der Waals surface area contributed by atoms with E-state index < -0.39 is 0 Å². The quantitative estimate of drug-likeness (QED) is 0.721. The number of amides is 1. The van der Waals surface area contributed by atoms with Crippen LogP contribution in [0.25, 0.3) is 22.2 Å². The molecule has 0 atom stereocenters. The van der Waals surface area contributed by atoms with Crippen molar-refractivity contribution in [2.24, 2.45) is 0 Å². The highest BCUT2D eigenvalue weighted by Crippen LogP contribution is 2.28. The monoisotopic (exact) mass is 346 g/mol. The fourth-order valence-electron chi connectivity index (χ4n) is 3.04. The summed E-state index contributed by atoms with van der Waals surface area (Å²) in [4.78, 5) is 17.2. The van der Waals surface area contributed by atoms with Crippen molar-refractivity contribution < 1.29 is 9.53 Å². The van der Waals surface area contributed by atoms with Crippen molar-refractivity contribution in [1.29, 1.82) is 0 Å². The van der Waals surface area contributed by atoms with Crippen molar-refractivity contribution >= 4 is 30.1 Å². The topological polar surface area (TPSA) is 51.2 Å². The number of hydrogen-bond acceptors (Lipinski definition) is 3. The van der Waals surface area contributed by atoms with Gasteiger partial charge in [-0.2, -0.15) is 0 Å². The number of carbonyl (C=O) groups is 1. The number of hydrogen-bond donors (Lipinski definition) is 1. The van der Waals surface area contributed by atoms with Gasteiger partial charge < -0.3 is 10.1 Å². The van der Waals surface area contributed by atoms with Crippen LogP contribution in [0.1, 0.15) is 19.4 Å². The van der Waals surface area contributed by atoms with Crippen molar-refractivity contribution in [3.05, 3.63) is 54.1 Å². The van der Waals surface area contributed by atoms with Crippen molar-refractivity contribution in [3.8, 4) is 17.0 Å². The molecule has 0 saturated carbocycles. The normalized spacial score (nSPS) is 10.9. The van der Waals surface area contributed by atoms with Gasteiger partial charge in [0.25, 0.3) is 0 Å². The number of benzene rings is 2. The SMILES string of the molecule is Bc1ccc2nc(-c3cccc(OC)c3)c(CC(=O)NC(C)C)cc2c1. The van der Waals surface area contributed by atoms with Gasteiger partial charge in [0.1, 0.15) is 13.6 Å². The maximum atomic E-state index is 12.4. The minimum atomic E-state index is -0.00190. The molecule has 1 heterocycles. The third-order valence-corrected chi connectivity index (χ3v) is 4.19. The Bertz CT molecular complexity index is 954. The summed E-state index contributed by atoms with van der Waals surface area (Å²) >= 11 is 0. The first-order chi connectivity index (χ1) is 12.5. The van der Waals surface area contributed by atoms with Crippen molar-refractivity contribution in [2.45, 2.75) is 26.3 Å². The first-order valence-corrected chi connectivity index (χ1v) is 8.80. The number of nitrogens with zero attached hydrogens (tertiary/aromatic N) is 1. The van der Waals surface area contributed by atoms with Crippen LogP contribution in [0.15, 0.2) is 48.5 Å². The van der Waals surface area contributed by atoms with Crippen LogP contribution in [0, 0.1) is 0 Å². The molecule has 0 aliphatic heterocycles. The Morgan fingerprint density at radius 1 is 1.19 bits per heavy atom. The van der Waals surface area contributed by atoms with E-state index >= 15 is 0 Å². The lowest BCUT2D eigenvalue weighted by Gasteiger charge is -2.14. The number of aromatic nitrogens is 1. The summed E-state index contributed by atoms with van der Waals surface area (Å²) in [6.45, 7) is 3.92. The van der Waals surface area contributed by atoms with E-state index in [1.165, 1.54) is 5.46 Å². The fourth-order valence-corrected chi connectivity index (χ4v) is 3.04. The Balaban J connectivity index is 2.12. The number of pyridine rings is 1. The summed E-state index contributed by atoms with van der Waals surface area (Å²) in [6.07, 6.45) is 0.293. The molecule has 0 aliphatic carbocycles. The van der Waals surface area contributed by atoms with Crippen LogP contribution in [0.3, 0.4) is 0 Å². The fraction of sp³-hybridized carbons (Fsp3) is 0.238. The first kappa shape index (κ1) is 18.0. The number of rotatable bonds is 5. The van der Waals surface area contributed by atoms with Crippen molar-refractivity contribution in [2.75, 3.05) is 7.11 Å². The number of fused-ring (bicyclic) bond motifs is 1. The molecule has 0 unspecified atom stereocenters. The van der Waals surface area contributed by atoms with Gasteiger partial charge in [-0.25, -0.2) is 4.98 Å². The molecule has 3 rings (SSSR count). The van der Waals surface area contributed by atoms with E-state index in [1.807, 2.05) is 44.2 Å². The molecule has 0 bridgehead atoms. The van der Waals surface area contributed by atoms with E-state index in [0.717, 1.165) is 33.5 Å². The summed E-state index contributed by atoms with van der Waals surface area (Å²) in [5.41, 5.74) is 4.76. The number of ether oxygens (including phenoxy) is 1. The molecule has 132 valence electrons. The van der Waals surface area contributed by atoms with E-state index in [2.05, 4.69) is 31.4 Å². The summed E-state index contributed by atoms with van der Waals surface area (Å²) < 4.78 is 5.35. The molecule has 4 nitrogen and oxygen atoms in total. The van der Waals surface area contributed by atoms with Gasteiger partial charge in [-0.3, -0.25) is 4.79 Å². The van der Waals surface area contributed by atoms with Crippen molar-refractivity contribution in [1.82, 2.24) is 10.3 Å². The molecule has 0 saturated heterocycles. The smallest absolute Gasteiger partial charge is 0.224 e. The Hall–Kier alpha value is -2.82. The Labute approximate surface area is 155 Å². The highest BCUT2D eigenvalue weighted by molar-refractivity contribution is 6.33. The van der Waals surface area contributed by atoms with Crippen LogP contribution in [-0.4, -0.2) is 31.9 Å². The van der Waals surface area contributed by atoms with Gasteiger partial charge in [-0.05, 0) is 49.1 Å². The maximum Gasteiger partial charge on any atom is 0.224 e. The average molecular weight is 346 g/mol. The third kappa shape index (κ3) is 4.05. The predicted molar refractivity (Wildman–Crippen MR) is 109 cm³/mol. The molecule has 5 heteroatoms. The van der Waals surface area contributed by atoms with Gasteiger partial charge >= 0.3 is 0 Å². The molecule has 0 radical (unpaired) electrons. The Morgan fingerprint density at radius 2 is 2.00 bits per heavy atom. The Kier molecular flexibility index (Phi) is 5.26. The van der Waals surface area contributed by atoms with Gasteiger partial charge in [0.15, 0.2) is 0 Å². The molecule has 2 aromatic carbocycles. The minimum absolute atomic E-state index is 0.00190. The summed E-state index contributed by atoms with van der Waals surface area (Å²) in [5.74, 6) is 0.767. The first-order valence-electron chi connectivity index (χ1n) is 8.80. The average Bonchev–Trinajstić information content (AvgIpc) is 2.60. The van der Waals surface area contributed by atoms with Crippen LogP contribution in [-0.2, 0) is 11.2 Å². The summed E-state index contributed by atoms with van der Waals surface area (Å²) in [6, 6.07) is 16.1. The van der Waals surface area contributed by atoms with Gasteiger partial charge in [0.05, 0.1) is 24.7 Å². The summed E-state index contributed by atoms with van der Waals surface area (Å²) in [5, 5.41) is 4.01. The molecule has 0 spiro atoms. The van der Waals surface area contributed by atoms with E-state index in [-0.39, 0.29) is 11.9 Å². The lowest BCUT2D eigenvalue weighted by atomic mass is 9.93. The predicted octanol–water partition coefficient (Wildman–Crippen LogP) is 2.24. The molecular formula is C21H23BN2O2. The zero-order valence-electron chi connectivity index (χ0n) is 15.7. The molecule has 26 heavy (non-hydrogen) atoms. The second-order valence-electron chi connectivity index (χ2n) is 6.82. The zero-order valence-corrected chi connectivity index (χ0v) is 15.7. The maximum absolute atomic E-state index is 12.4. The van der Waals surface area contributed by atoms with Gasteiger partial charge in [0.2, 0.25) is 5.91 Å². The standard InChI is InChI=1S/C21H23BN2O2/c1-13(2)23-20(25)12-16-9-15-10-17(22)7-8-19(15)24-21(16)14-5-4-6-18(11-14)26-3/h4-11,13H,12,22H2,1-3H3,(H,23,25). The second-order valence-corrected chi connectivity index (χ2v) is 6.82. The lowest BCUT2D eigenvalue weighted by molar-refractivity contribution is -0.120. The van der Waals surface area contributed by atoms with Crippen LogP contribution >= 0.6 is 0 Å². The number of methoxy groups -OCH3 is 1. The molecule has 3 aromatic rings. The number of carbonyl (C=O) groups excluding carboxylic acids is 1. The van der Waals surface area contributed by atoms with Crippen LogP contribution in [0.5, 0.6) is 5.75 Å². The van der Waals surface area contributed by atoms with Crippen LogP contribution < -0.4 is 15.5 Å². The highest BCUT2D eigenvalue weighted by Gasteiger charge is 2.14. The van der Waals surface area contributed by atoms with Crippen molar-refractivity contribution in [3.63, 3.8) is 0 Å². The van der Waals surface area contributed by atoms with Gasteiger partial charge in [-0.15, -0.1) is 0 Å². The minimum Gasteiger partial charge on any atom is -0.497 e. The van der Waals surface area contributed by atoms with E-state index in [4.69, 9.17) is 9.72 Å². The largest absolute Gasteiger partial charge is 0.497 e. The lowest BCUT2D eigenvalue weighted by Crippen LogP contribution is -2.31. The molecule has 1 N–H and O–H groups in total. The van der Waals surface area contributed by atoms with E-state index in [0.29, 0.717) is 6.42 Å². The van der Waals surface area contributed by atoms with E-state index in [9.17, 15) is 4.79 Å². The van der Waals surface area contributed by atoms with Crippen LogP contribution in [0.4, 0.5) is 0 Å². The molecule has 1 aromatic heterocycles. The van der Waals surface area contributed by atoms with E-state index in [1.54, 1.807) is 7.11 Å². The summed E-state index contributed by atoms with van der Waals surface area (Å²) in [7, 11) is 3.70. The van der Waals surface area contributed by atoms with Gasteiger partial charge in [0, 0.05) is 11.6 Å². The second kappa shape index (κ2) is 7.60. The Morgan fingerprint density at radius 3 is 2.73 bits per heavy atom. The van der Waals surface area contributed by atoms with Gasteiger partial charge in [-0.1, -0.05) is 29.7 Å². The number of nitrogens with one attached hydrogen (secondary N) is 1. The highest BCUT2D eigenvalue weighted by atomic mass is 16.5. The molecular weight excluding hydrogens is 323 g/mol. The molecule has 0 aliphatic rings. The molecule has 0 fully saturated rings. The molecule has 1 amide bonds. The third-order valence-electron chi connectivity index (χ3n) is 4.19. The zero-order chi connectivity index (χ0) is 18.7.